The predicted octanol–water partition coefficient (Wildman–Crippen LogP) is -5.47. The number of carbonyl (C=O) groups is 4. The van der Waals surface area contributed by atoms with Gasteiger partial charge >= 0.3 is 21.1 Å². The van der Waals surface area contributed by atoms with E-state index in [2.05, 4.69) is 0 Å². The maximum Gasteiger partial charge on any atom is 4.00 e. The Bertz CT molecular complexity index is 219. The number of aliphatic carboxylic acids is 4. The third-order valence-corrected chi connectivity index (χ3v) is 1.07. The first-order chi connectivity index (χ1) is 7.25. The van der Waals surface area contributed by atoms with E-state index in [0.29, 0.717) is 0 Å². The van der Waals surface area contributed by atoms with E-state index in [1.165, 1.54) is 0 Å². The molecule has 0 aliphatic carbocycles. The Morgan fingerprint density at radius 3 is 0.706 bits per heavy atom. The van der Waals surface area contributed by atoms with Gasteiger partial charge in [-0.15, -0.1) is 0 Å². The third-order valence-electron chi connectivity index (χ3n) is 1.07. The molecule has 98 valence electrons. The molecule has 9 heteroatoms. The minimum Gasteiger partial charge on any atom is -0.550 e. The van der Waals surface area contributed by atoms with Crippen molar-refractivity contribution in [2.75, 3.05) is 0 Å². The van der Waals surface area contributed by atoms with Crippen LogP contribution < -0.4 is 20.4 Å². The fourth-order valence-electron chi connectivity index (χ4n) is 0.408. The average Bonchev–Trinajstić information content (AvgIpc) is 2.12. The fraction of sp³-hybridized carbons (Fsp3) is 0.500. The van der Waals surface area contributed by atoms with E-state index < -0.39 is 49.6 Å². The summed E-state index contributed by atoms with van der Waals surface area (Å²) in [7, 11) is 0. The van der Waals surface area contributed by atoms with Crippen molar-refractivity contribution in [1.29, 1.82) is 0 Å². The Kier molecular flexibility index (Phi) is 15.5. The van der Waals surface area contributed by atoms with Crippen LogP contribution in [0.1, 0.15) is 25.7 Å². The molecule has 0 rings (SSSR count). The molecule has 0 atom stereocenters. The second-order valence-corrected chi connectivity index (χ2v) is 2.49. The summed E-state index contributed by atoms with van der Waals surface area (Å²) in [6, 6.07) is 0. The van der Waals surface area contributed by atoms with E-state index in [4.69, 9.17) is 0 Å². The number of rotatable bonds is 6. The van der Waals surface area contributed by atoms with Gasteiger partial charge in [-0.1, -0.05) is 0 Å². The second kappa shape index (κ2) is 12.6. The first kappa shape index (κ1) is 20.9. The van der Waals surface area contributed by atoms with Crippen molar-refractivity contribution in [1.82, 2.24) is 0 Å². The maximum absolute atomic E-state index is 9.50. The van der Waals surface area contributed by atoms with Crippen LogP contribution >= 0.6 is 0 Å². The number of carbonyl (C=O) groups excluding carboxylic acids is 4. The van der Waals surface area contributed by atoms with E-state index in [9.17, 15) is 39.6 Å². The van der Waals surface area contributed by atoms with Gasteiger partial charge in [-0.2, -0.15) is 0 Å². The van der Waals surface area contributed by atoms with Gasteiger partial charge in [-0.3, -0.25) is 0 Å². The summed E-state index contributed by atoms with van der Waals surface area (Å²) in [5.74, 6) is -5.47. The van der Waals surface area contributed by atoms with E-state index in [-0.39, 0.29) is 21.1 Å². The van der Waals surface area contributed by atoms with Gasteiger partial charge in [-0.05, 0) is 25.7 Å². The molecule has 0 saturated carbocycles. The number of carboxylic acid groups (broad SMARTS) is 4. The van der Waals surface area contributed by atoms with Crippen molar-refractivity contribution < 1.29 is 60.7 Å². The molecule has 0 aliphatic rings. The smallest absolute Gasteiger partial charge is 0.550 e. The van der Waals surface area contributed by atoms with Crippen LogP contribution in [0.25, 0.3) is 0 Å². The van der Waals surface area contributed by atoms with Crippen LogP contribution in [0.15, 0.2) is 0 Å². The number of hydrogen-bond donors (Lipinski definition) is 0. The Morgan fingerprint density at radius 2 is 0.647 bits per heavy atom. The first-order valence-electron chi connectivity index (χ1n) is 4.05. The molecule has 0 fully saturated rings. The zero-order valence-electron chi connectivity index (χ0n) is 8.41. The Morgan fingerprint density at radius 1 is 0.529 bits per heavy atom. The zero-order chi connectivity index (χ0) is 13.1. The molecule has 17 heavy (non-hydrogen) atoms. The van der Waals surface area contributed by atoms with E-state index in [1.54, 1.807) is 0 Å². The summed E-state index contributed by atoms with van der Waals surface area (Å²) in [5, 5.41) is 38.0. The minimum absolute atomic E-state index is 0. The monoisotopic (exact) mass is 427 g/mol. The van der Waals surface area contributed by atoms with E-state index in [1.807, 2.05) is 0 Å². The average molecular weight is 427 g/mol. The van der Waals surface area contributed by atoms with Gasteiger partial charge in [0.05, 0.1) is 0 Å². The van der Waals surface area contributed by atoms with Gasteiger partial charge < -0.3 is 39.6 Å². The molecule has 0 unspecified atom stereocenters. The van der Waals surface area contributed by atoms with Crippen LogP contribution in [0.2, 0.25) is 0 Å². The van der Waals surface area contributed by atoms with Crippen LogP contribution in [-0.2, 0) is 40.2 Å². The van der Waals surface area contributed by atoms with Gasteiger partial charge in [0, 0.05) is 23.9 Å². The summed E-state index contributed by atoms with van der Waals surface area (Å²) in [5.41, 5.74) is 0. The Balaban J connectivity index is -0.000000218. The second-order valence-electron chi connectivity index (χ2n) is 2.49. The largest absolute Gasteiger partial charge is 4.00 e. The molecule has 0 heterocycles. The molecule has 0 saturated heterocycles. The van der Waals surface area contributed by atoms with Crippen molar-refractivity contribution in [3.63, 3.8) is 0 Å². The first-order valence-corrected chi connectivity index (χ1v) is 4.05. The summed E-state index contributed by atoms with van der Waals surface area (Å²) in [6.07, 6.45) is -1.88. The van der Waals surface area contributed by atoms with Gasteiger partial charge in [0.2, 0.25) is 0 Å². The van der Waals surface area contributed by atoms with Crippen LogP contribution in [0.3, 0.4) is 0 Å². The fourth-order valence-corrected chi connectivity index (χ4v) is 0.408. The molecule has 0 amide bonds. The van der Waals surface area contributed by atoms with Crippen molar-refractivity contribution in [2.45, 2.75) is 25.7 Å². The quantitative estimate of drug-likeness (QED) is 0.406. The molecule has 0 N–H and O–H groups in total. The van der Waals surface area contributed by atoms with Crippen LogP contribution in [-0.4, -0.2) is 23.9 Å². The molecule has 0 spiro atoms. The number of hydrogen-bond acceptors (Lipinski definition) is 8. The summed E-state index contributed by atoms with van der Waals surface area (Å²) < 4.78 is 0. The molecule has 0 bridgehead atoms. The molecule has 0 aliphatic heterocycles. The van der Waals surface area contributed by atoms with Crippen LogP contribution in [0.5, 0.6) is 0 Å². The predicted molar refractivity (Wildman–Crippen MR) is 38.5 cm³/mol. The van der Waals surface area contributed by atoms with Crippen molar-refractivity contribution >= 4 is 23.9 Å². The molecule has 8 nitrogen and oxygen atoms in total. The summed E-state index contributed by atoms with van der Waals surface area (Å²) in [4.78, 5) is 38.0. The SMILES string of the molecule is O=C([O-])CCC(=O)[O-].O=C([O-])CCC(=O)[O-].[Pt+4]. The molecule has 0 aromatic carbocycles. The molecule has 0 radical (unpaired) electrons. The van der Waals surface area contributed by atoms with Crippen molar-refractivity contribution in [3.05, 3.63) is 0 Å². The third kappa shape index (κ3) is 31.3. The van der Waals surface area contributed by atoms with Crippen molar-refractivity contribution in [3.8, 4) is 0 Å². The van der Waals surface area contributed by atoms with E-state index >= 15 is 0 Å². The maximum atomic E-state index is 9.50. The molecular weight excluding hydrogens is 419 g/mol. The molecule has 0 aromatic rings. The van der Waals surface area contributed by atoms with Gasteiger partial charge in [-0.25, -0.2) is 0 Å². The van der Waals surface area contributed by atoms with Gasteiger partial charge in [0.1, 0.15) is 0 Å². The Hall–Kier alpha value is -1.43. The minimum atomic E-state index is -1.37. The topological polar surface area (TPSA) is 161 Å². The van der Waals surface area contributed by atoms with E-state index in [0.717, 1.165) is 0 Å². The molecule has 0 aromatic heterocycles. The number of carboxylic acids is 4. The summed E-state index contributed by atoms with van der Waals surface area (Å²) in [6.45, 7) is 0. The van der Waals surface area contributed by atoms with Gasteiger partial charge in [0.25, 0.3) is 0 Å². The molecular formula is C8H8O8Pt. The van der Waals surface area contributed by atoms with Crippen molar-refractivity contribution in [2.24, 2.45) is 0 Å². The zero-order valence-corrected chi connectivity index (χ0v) is 10.7. The normalized spacial score (nSPS) is 8.00. The standard InChI is InChI=1S/2C4H6O4.Pt/c2*5-3(6)1-2-4(7)8;/h2*1-2H2,(H,5,6)(H,7,8);/q;;+4/p-4. The van der Waals surface area contributed by atoms with Gasteiger partial charge in [0.15, 0.2) is 0 Å². The van der Waals surface area contributed by atoms with Crippen LogP contribution in [0.4, 0.5) is 0 Å². The Labute approximate surface area is 111 Å². The summed E-state index contributed by atoms with van der Waals surface area (Å²) >= 11 is 0. The van der Waals surface area contributed by atoms with Crippen LogP contribution in [0, 0.1) is 0 Å².